The summed E-state index contributed by atoms with van der Waals surface area (Å²) >= 11 is 5.96. The van der Waals surface area contributed by atoms with Gasteiger partial charge < -0.3 is 10.1 Å². The summed E-state index contributed by atoms with van der Waals surface area (Å²) in [7, 11) is 1.43. The highest BCUT2D eigenvalue weighted by Gasteiger charge is 2.15. The van der Waals surface area contributed by atoms with E-state index >= 15 is 0 Å². The molecule has 2 N–H and O–H groups in total. The summed E-state index contributed by atoms with van der Waals surface area (Å²) < 4.78 is 7.03. The number of halogens is 1. The molecule has 2 aromatic carbocycles. The molecule has 0 atom stereocenters. The van der Waals surface area contributed by atoms with Crippen LogP contribution < -0.4 is 21.2 Å². The number of hydrogen-bond donors (Lipinski definition) is 2. The lowest BCUT2D eigenvalue weighted by atomic mass is 10.2. The maximum absolute atomic E-state index is 13.0. The zero-order chi connectivity index (χ0) is 23.2. The number of nitrogens with zero attached hydrogens (tertiary/aromatic N) is 4. The molecule has 0 fully saturated rings. The Morgan fingerprint density at radius 1 is 1.12 bits per heavy atom. The van der Waals surface area contributed by atoms with Crippen molar-refractivity contribution in [2.45, 2.75) is 6.54 Å². The minimum atomic E-state index is -0.594. The number of carbonyl (C=O) groups excluding carboxylic acids is 1. The Morgan fingerprint density at radius 2 is 1.88 bits per heavy atom. The Balaban J connectivity index is 1.71. The summed E-state index contributed by atoms with van der Waals surface area (Å²) in [5.74, 6) is 0.466. The van der Waals surface area contributed by atoms with Gasteiger partial charge in [-0.2, -0.15) is 5.10 Å². The first kappa shape index (κ1) is 22.0. The quantitative estimate of drug-likeness (QED) is 0.457. The van der Waals surface area contributed by atoms with E-state index in [2.05, 4.69) is 25.5 Å². The van der Waals surface area contributed by atoms with Crippen molar-refractivity contribution in [2.24, 2.45) is 4.99 Å². The van der Waals surface area contributed by atoms with Gasteiger partial charge >= 0.3 is 0 Å². The standard InChI is InChI=1S/C23H19ClN6O3/c1-25-21(31)20-22(32)30(14-15-5-7-16(24)8-6-15)23(29-28-20)27-17-9-11-18(12-10-17)33-19-4-2-3-13-26-19/h2-13H,14H2,1H3,(H,25,31)(H,27,29). The summed E-state index contributed by atoms with van der Waals surface area (Å²) in [6.07, 6.45) is 1.64. The molecule has 166 valence electrons. The second kappa shape index (κ2) is 9.92. The van der Waals surface area contributed by atoms with Crippen molar-refractivity contribution in [1.29, 1.82) is 0 Å². The van der Waals surface area contributed by atoms with Crippen LogP contribution in [-0.2, 0) is 6.54 Å². The highest BCUT2D eigenvalue weighted by Crippen LogP contribution is 2.22. The Labute approximate surface area is 193 Å². The van der Waals surface area contributed by atoms with E-state index in [4.69, 9.17) is 16.3 Å². The van der Waals surface area contributed by atoms with Gasteiger partial charge in [-0.1, -0.05) is 29.8 Å². The zero-order valence-electron chi connectivity index (χ0n) is 17.5. The second-order valence-electron chi connectivity index (χ2n) is 6.87. The smallest absolute Gasteiger partial charge is 0.287 e. The number of nitrogens with one attached hydrogen (secondary N) is 2. The summed E-state index contributed by atoms with van der Waals surface area (Å²) in [4.78, 5) is 33.7. The van der Waals surface area contributed by atoms with Crippen LogP contribution in [0.4, 0.5) is 5.69 Å². The molecule has 0 unspecified atom stereocenters. The fraction of sp³-hybridized carbons (Fsp3) is 0.0870. The number of aromatic nitrogens is 4. The van der Waals surface area contributed by atoms with Crippen molar-refractivity contribution >= 4 is 23.2 Å². The van der Waals surface area contributed by atoms with Crippen LogP contribution in [0.3, 0.4) is 0 Å². The van der Waals surface area contributed by atoms with Gasteiger partial charge in [0.25, 0.3) is 11.5 Å². The van der Waals surface area contributed by atoms with Crippen molar-refractivity contribution in [3.8, 4) is 11.6 Å². The van der Waals surface area contributed by atoms with Crippen LogP contribution >= 0.6 is 11.6 Å². The Bertz CT molecular complexity index is 1380. The number of ether oxygens (including phenoxy) is 1. The average Bonchev–Trinajstić information content (AvgIpc) is 2.84. The minimum absolute atomic E-state index is 0.165. The normalized spacial score (nSPS) is 11.3. The molecule has 0 saturated heterocycles. The van der Waals surface area contributed by atoms with Gasteiger partial charge in [0.2, 0.25) is 17.2 Å². The third-order valence-electron chi connectivity index (χ3n) is 4.60. The predicted molar refractivity (Wildman–Crippen MR) is 123 cm³/mol. The lowest BCUT2D eigenvalue weighted by molar-refractivity contribution is 0.0954. The topological polar surface area (TPSA) is 114 Å². The van der Waals surface area contributed by atoms with Crippen LogP contribution in [0.15, 0.2) is 82.7 Å². The number of amides is 1. The first-order chi connectivity index (χ1) is 16.0. The molecule has 33 heavy (non-hydrogen) atoms. The van der Waals surface area contributed by atoms with Crippen LogP contribution in [-0.4, -0.2) is 32.7 Å². The zero-order valence-corrected chi connectivity index (χ0v) is 18.3. The molecule has 0 saturated carbocycles. The van der Waals surface area contributed by atoms with Gasteiger partial charge in [0.15, 0.2) is 0 Å². The minimum Gasteiger partial charge on any atom is -0.439 e. The molecule has 0 bridgehead atoms. The third kappa shape index (κ3) is 5.34. The van der Waals surface area contributed by atoms with Crippen LogP contribution in [0.1, 0.15) is 16.1 Å². The van der Waals surface area contributed by atoms with Crippen LogP contribution in [0.2, 0.25) is 5.02 Å². The summed E-state index contributed by atoms with van der Waals surface area (Å²) in [5, 5.41) is 9.63. The van der Waals surface area contributed by atoms with E-state index in [9.17, 15) is 9.59 Å². The largest absolute Gasteiger partial charge is 0.439 e. The number of benzene rings is 2. The molecule has 0 aliphatic rings. The van der Waals surface area contributed by atoms with Gasteiger partial charge in [0.1, 0.15) is 5.75 Å². The maximum atomic E-state index is 13.0. The summed E-state index contributed by atoms with van der Waals surface area (Å²) in [6, 6.07) is 19.4. The van der Waals surface area contributed by atoms with Gasteiger partial charge in [-0.05, 0) is 48.0 Å². The molecule has 9 nitrogen and oxygen atoms in total. The molecular weight excluding hydrogens is 444 g/mol. The van der Waals surface area contributed by atoms with Crippen molar-refractivity contribution in [3.05, 3.63) is 105 Å². The molecule has 0 aliphatic carbocycles. The van der Waals surface area contributed by atoms with E-state index in [0.29, 0.717) is 22.3 Å². The van der Waals surface area contributed by atoms with Crippen molar-refractivity contribution in [3.63, 3.8) is 0 Å². The van der Waals surface area contributed by atoms with E-state index in [-0.39, 0.29) is 17.9 Å². The second-order valence-corrected chi connectivity index (χ2v) is 7.30. The number of carbonyl (C=O) groups is 1. The summed E-state index contributed by atoms with van der Waals surface area (Å²) in [5.41, 5.74) is 0.709. The van der Waals surface area contributed by atoms with E-state index in [0.717, 1.165) is 5.56 Å². The predicted octanol–water partition coefficient (Wildman–Crippen LogP) is 3.05. The maximum Gasteiger partial charge on any atom is 0.287 e. The van der Waals surface area contributed by atoms with Crippen molar-refractivity contribution in [1.82, 2.24) is 25.1 Å². The van der Waals surface area contributed by atoms with Gasteiger partial charge in [-0.15, -0.1) is 0 Å². The lowest BCUT2D eigenvalue weighted by Gasteiger charge is -2.09. The molecule has 4 aromatic rings. The first-order valence-electron chi connectivity index (χ1n) is 9.93. The molecule has 10 heteroatoms. The molecule has 1 amide bonds. The number of aromatic amines is 1. The van der Waals surface area contributed by atoms with E-state index in [1.165, 1.54) is 11.6 Å². The monoisotopic (exact) mass is 462 g/mol. The van der Waals surface area contributed by atoms with Crippen molar-refractivity contribution in [2.75, 3.05) is 7.05 Å². The molecule has 0 radical (unpaired) electrons. The van der Waals surface area contributed by atoms with Gasteiger partial charge in [-0.25, -0.2) is 15.1 Å². The highest BCUT2D eigenvalue weighted by atomic mass is 35.5. The highest BCUT2D eigenvalue weighted by molar-refractivity contribution is 6.30. The van der Waals surface area contributed by atoms with Crippen LogP contribution in [0.25, 0.3) is 0 Å². The van der Waals surface area contributed by atoms with E-state index < -0.39 is 11.5 Å². The van der Waals surface area contributed by atoms with Crippen LogP contribution in [0, 0.1) is 0 Å². The molecule has 4 rings (SSSR count). The van der Waals surface area contributed by atoms with Crippen molar-refractivity contribution < 1.29 is 9.53 Å². The summed E-state index contributed by atoms with van der Waals surface area (Å²) in [6.45, 7) is 0.165. The van der Waals surface area contributed by atoms with Gasteiger partial charge in [0.05, 0.1) is 12.2 Å². The first-order valence-corrected chi connectivity index (χ1v) is 10.3. The molecule has 0 spiro atoms. The van der Waals surface area contributed by atoms with Gasteiger partial charge in [0, 0.05) is 24.3 Å². The Kier molecular flexibility index (Phi) is 6.61. The van der Waals surface area contributed by atoms with Crippen LogP contribution in [0.5, 0.6) is 11.6 Å². The Hall–Kier alpha value is -4.24. The number of H-pyrrole nitrogens is 1. The molecule has 2 heterocycles. The molecule has 2 aromatic heterocycles. The van der Waals surface area contributed by atoms with E-state index in [1.807, 2.05) is 6.07 Å². The van der Waals surface area contributed by atoms with E-state index in [1.54, 1.807) is 66.9 Å². The average molecular weight is 463 g/mol. The number of rotatable bonds is 6. The van der Waals surface area contributed by atoms with Gasteiger partial charge in [-0.3, -0.25) is 14.2 Å². The Morgan fingerprint density at radius 3 is 2.55 bits per heavy atom. The number of hydrogen-bond acceptors (Lipinski definition) is 6. The fourth-order valence-electron chi connectivity index (χ4n) is 2.95. The lowest BCUT2D eigenvalue weighted by Crippen LogP contribution is -2.42. The fourth-order valence-corrected chi connectivity index (χ4v) is 3.07. The SMILES string of the molecule is CNC(=O)c1n[nH]/c(=N\c2ccc(Oc3ccccn3)cc2)n(Cc2ccc(Cl)cc2)c1=O. The molecule has 0 aliphatic heterocycles. The number of pyridine rings is 1. The molecular formula is C23H19ClN6O3. The third-order valence-corrected chi connectivity index (χ3v) is 4.85.